The average molecular weight is 367 g/mol. The van der Waals surface area contributed by atoms with Gasteiger partial charge in [-0.2, -0.15) is 0 Å². The molecule has 0 aliphatic carbocycles. The van der Waals surface area contributed by atoms with Gasteiger partial charge in [0.25, 0.3) is 11.6 Å². The van der Waals surface area contributed by atoms with Crippen LogP contribution in [0.15, 0.2) is 36.4 Å². The van der Waals surface area contributed by atoms with Gasteiger partial charge in [0.1, 0.15) is 6.29 Å². The molecule has 0 unspecified atom stereocenters. The largest absolute Gasteiger partial charge is 0.368 e. The predicted molar refractivity (Wildman–Crippen MR) is 103 cm³/mol. The minimum Gasteiger partial charge on any atom is -0.368 e. The molecule has 140 valence electrons. The lowest BCUT2D eigenvalue weighted by Gasteiger charge is -2.37. The molecular weight excluding hydrogens is 346 g/mol. The number of nitro groups is 1. The number of amides is 1. The highest BCUT2D eigenvalue weighted by Gasteiger charge is 2.24. The van der Waals surface area contributed by atoms with Gasteiger partial charge < -0.3 is 9.80 Å². The number of hydrogen-bond acceptors (Lipinski definition) is 5. The molecular formula is C20H21N3O4. The van der Waals surface area contributed by atoms with E-state index in [1.54, 1.807) is 11.0 Å². The molecule has 3 rings (SSSR count). The van der Waals surface area contributed by atoms with Crippen molar-refractivity contribution in [1.29, 1.82) is 0 Å². The molecule has 0 radical (unpaired) electrons. The average Bonchev–Trinajstić information content (AvgIpc) is 2.69. The van der Waals surface area contributed by atoms with E-state index >= 15 is 0 Å². The number of nitro benzene ring substituents is 1. The van der Waals surface area contributed by atoms with Crippen molar-refractivity contribution >= 4 is 23.6 Å². The van der Waals surface area contributed by atoms with Gasteiger partial charge in [-0.25, -0.2) is 0 Å². The molecule has 1 aliphatic heterocycles. The lowest BCUT2D eigenvalue weighted by Crippen LogP contribution is -2.49. The summed E-state index contributed by atoms with van der Waals surface area (Å²) in [4.78, 5) is 38.1. The fraction of sp³-hybridized carbons (Fsp3) is 0.300. The first-order chi connectivity index (χ1) is 12.9. The van der Waals surface area contributed by atoms with E-state index in [-0.39, 0.29) is 11.6 Å². The molecule has 2 aromatic carbocycles. The molecule has 2 aromatic rings. The second-order valence-corrected chi connectivity index (χ2v) is 6.70. The maximum absolute atomic E-state index is 12.7. The van der Waals surface area contributed by atoms with Crippen molar-refractivity contribution in [2.24, 2.45) is 0 Å². The lowest BCUT2D eigenvalue weighted by molar-refractivity contribution is -0.384. The minimum atomic E-state index is -0.497. The number of non-ortho nitro benzene ring substituents is 1. The fourth-order valence-corrected chi connectivity index (χ4v) is 3.38. The zero-order valence-electron chi connectivity index (χ0n) is 15.3. The molecule has 1 fully saturated rings. The number of anilines is 1. The van der Waals surface area contributed by atoms with Crippen LogP contribution >= 0.6 is 0 Å². The Morgan fingerprint density at radius 1 is 1.07 bits per heavy atom. The Morgan fingerprint density at radius 2 is 1.78 bits per heavy atom. The molecule has 27 heavy (non-hydrogen) atoms. The molecule has 0 atom stereocenters. The number of carbonyl (C=O) groups is 2. The van der Waals surface area contributed by atoms with Crippen molar-refractivity contribution in [3.8, 4) is 0 Å². The maximum Gasteiger partial charge on any atom is 0.270 e. The number of benzene rings is 2. The van der Waals surface area contributed by atoms with Gasteiger partial charge in [0, 0.05) is 55.1 Å². The predicted octanol–water partition coefficient (Wildman–Crippen LogP) is 2.99. The van der Waals surface area contributed by atoms with Crippen LogP contribution in [0.1, 0.15) is 31.8 Å². The van der Waals surface area contributed by atoms with E-state index < -0.39 is 4.92 Å². The van der Waals surface area contributed by atoms with E-state index in [9.17, 15) is 19.7 Å². The van der Waals surface area contributed by atoms with E-state index in [4.69, 9.17) is 0 Å². The van der Waals surface area contributed by atoms with Crippen molar-refractivity contribution < 1.29 is 14.5 Å². The van der Waals surface area contributed by atoms with Crippen molar-refractivity contribution in [1.82, 2.24) is 4.90 Å². The number of carbonyl (C=O) groups excluding carboxylic acids is 2. The molecule has 0 aromatic heterocycles. The normalized spacial score (nSPS) is 14.1. The van der Waals surface area contributed by atoms with E-state index in [1.807, 2.05) is 26.0 Å². The number of aldehydes is 1. The third-order valence-corrected chi connectivity index (χ3v) is 4.92. The Balaban J connectivity index is 1.71. The molecule has 1 heterocycles. The molecule has 7 nitrogen and oxygen atoms in total. The first kappa shape index (κ1) is 18.6. The summed E-state index contributed by atoms with van der Waals surface area (Å²) in [6.45, 7) is 6.30. The van der Waals surface area contributed by atoms with Crippen LogP contribution in [0, 0.1) is 24.0 Å². The quantitative estimate of drug-likeness (QED) is 0.471. The van der Waals surface area contributed by atoms with Crippen molar-refractivity contribution in [3.05, 3.63) is 68.8 Å². The molecule has 1 aliphatic rings. The third kappa shape index (κ3) is 3.81. The molecule has 1 saturated heterocycles. The molecule has 0 saturated carbocycles. The molecule has 0 spiro atoms. The van der Waals surface area contributed by atoms with Crippen LogP contribution in [-0.4, -0.2) is 48.2 Å². The number of piperazine rings is 1. The fourth-order valence-electron chi connectivity index (χ4n) is 3.38. The zero-order valence-corrected chi connectivity index (χ0v) is 15.3. The highest BCUT2D eigenvalue weighted by molar-refractivity contribution is 5.95. The van der Waals surface area contributed by atoms with E-state index in [0.29, 0.717) is 37.3 Å². The highest BCUT2D eigenvalue weighted by Crippen LogP contribution is 2.25. The van der Waals surface area contributed by atoms with Crippen LogP contribution in [0.4, 0.5) is 11.4 Å². The van der Waals surface area contributed by atoms with Gasteiger partial charge in [-0.15, -0.1) is 0 Å². The summed E-state index contributed by atoms with van der Waals surface area (Å²) < 4.78 is 0. The summed E-state index contributed by atoms with van der Waals surface area (Å²) in [5.74, 6) is -0.192. The van der Waals surface area contributed by atoms with Crippen LogP contribution in [0.2, 0.25) is 0 Å². The molecule has 0 bridgehead atoms. The Morgan fingerprint density at radius 3 is 2.41 bits per heavy atom. The van der Waals surface area contributed by atoms with Gasteiger partial charge in [0.2, 0.25) is 0 Å². The summed E-state index contributed by atoms with van der Waals surface area (Å²) in [6, 6.07) is 9.73. The van der Waals surface area contributed by atoms with Crippen LogP contribution in [-0.2, 0) is 0 Å². The second-order valence-electron chi connectivity index (χ2n) is 6.70. The van der Waals surface area contributed by atoms with Gasteiger partial charge >= 0.3 is 0 Å². The zero-order chi connectivity index (χ0) is 19.6. The van der Waals surface area contributed by atoms with Crippen LogP contribution in [0.5, 0.6) is 0 Å². The van der Waals surface area contributed by atoms with Gasteiger partial charge in [0.05, 0.1) is 4.92 Å². The number of rotatable bonds is 4. The van der Waals surface area contributed by atoms with Crippen molar-refractivity contribution in [2.75, 3.05) is 31.1 Å². The summed E-state index contributed by atoms with van der Waals surface area (Å²) >= 11 is 0. The summed E-state index contributed by atoms with van der Waals surface area (Å²) in [7, 11) is 0. The van der Waals surface area contributed by atoms with Gasteiger partial charge in [-0.05, 0) is 43.2 Å². The monoisotopic (exact) mass is 367 g/mol. The van der Waals surface area contributed by atoms with Crippen LogP contribution in [0.25, 0.3) is 0 Å². The Kier molecular flexibility index (Phi) is 5.21. The Bertz CT molecular complexity index is 902. The standard InChI is InChI=1S/C20H21N3O4/c1-14-11-19(15(2)10-17(14)13-24)21-6-8-22(9-7-21)20(25)16-4-3-5-18(12-16)23(26)27/h3-5,10-13H,6-9H2,1-2H3. The smallest absolute Gasteiger partial charge is 0.270 e. The maximum atomic E-state index is 12.7. The van der Waals surface area contributed by atoms with Crippen molar-refractivity contribution in [3.63, 3.8) is 0 Å². The summed E-state index contributed by atoms with van der Waals surface area (Å²) in [6.07, 6.45) is 0.863. The van der Waals surface area contributed by atoms with Gasteiger partial charge in [0.15, 0.2) is 0 Å². The van der Waals surface area contributed by atoms with E-state index in [2.05, 4.69) is 4.90 Å². The second kappa shape index (κ2) is 7.57. The highest BCUT2D eigenvalue weighted by atomic mass is 16.6. The van der Waals surface area contributed by atoms with Gasteiger partial charge in [-0.1, -0.05) is 6.07 Å². The first-order valence-corrected chi connectivity index (χ1v) is 8.76. The Hall–Kier alpha value is -3.22. The van der Waals surface area contributed by atoms with E-state index in [1.165, 1.54) is 18.2 Å². The lowest BCUT2D eigenvalue weighted by atomic mass is 10.0. The number of aryl methyl sites for hydroxylation is 2. The summed E-state index contributed by atoms with van der Waals surface area (Å²) in [5, 5.41) is 10.9. The Labute approximate surface area is 157 Å². The molecule has 1 amide bonds. The van der Waals surface area contributed by atoms with E-state index in [0.717, 1.165) is 23.1 Å². The van der Waals surface area contributed by atoms with Crippen LogP contribution < -0.4 is 4.90 Å². The van der Waals surface area contributed by atoms with Gasteiger partial charge in [-0.3, -0.25) is 19.7 Å². The minimum absolute atomic E-state index is 0.0825. The summed E-state index contributed by atoms with van der Waals surface area (Å²) in [5.41, 5.74) is 3.97. The topological polar surface area (TPSA) is 83.8 Å². The SMILES string of the molecule is Cc1cc(N2CCN(C(=O)c3cccc([N+](=O)[O-])c3)CC2)c(C)cc1C=O. The third-order valence-electron chi connectivity index (χ3n) is 4.92. The van der Waals surface area contributed by atoms with Crippen LogP contribution in [0.3, 0.4) is 0 Å². The molecule has 7 heteroatoms. The first-order valence-electron chi connectivity index (χ1n) is 8.76. The number of hydrogen-bond donors (Lipinski definition) is 0. The number of nitrogens with zero attached hydrogens (tertiary/aromatic N) is 3. The van der Waals surface area contributed by atoms with Crippen molar-refractivity contribution in [2.45, 2.75) is 13.8 Å². The molecule has 0 N–H and O–H groups in total.